The van der Waals surface area contributed by atoms with Crippen LogP contribution in [0.15, 0.2) is 223 Å². The van der Waals surface area contributed by atoms with Crippen molar-refractivity contribution in [2.45, 2.75) is 0 Å². The number of rotatable bonds is 6. The zero-order valence-corrected chi connectivity index (χ0v) is 34.0. The average Bonchev–Trinajstić information content (AvgIpc) is 4.02. The molecule has 0 saturated heterocycles. The lowest BCUT2D eigenvalue weighted by Crippen LogP contribution is -2.04. The van der Waals surface area contributed by atoms with Gasteiger partial charge in [-0.15, -0.1) is 0 Å². The van der Waals surface area contributed by atoms with Crippen LogP contribution in [0.5, 0.6) is 0 Å². The Morgan fingerprint density at radius 1 is 0.365 bits per heavy atom. The topological polar surface area (TPSA) is 48.8 Å². The van der Waals surface area contributed by atoms with E-state index in [1.807, 2.05) is 36.4 Å². The molecule has 5 heteroatoms. The molecule has 13 rings (SSSR count). The Hall–Kier alpha value is -8.54. The van der Waals surface area contributed by atoms with Crippen molar-refractivity contribution in [1.29, 1.82) is 0 Å². The molecule has 0 unspecified atom stereocenters. The third-order valence-electron chi connectivity index (χ3n) is 12.5. The smallest absolute Gasteiger partial charge is 0.180 e. The van der Waals surface area contributed by atoms with Crippen molar-refractivity contribution in [3.63, 3.8) is 0 Å². The summed E-state index contributed by atoms with van der Waals surface area (Å²) in [6.07, 6.45) is 0. The van der Waals surface area contributed by atoms with Crippen molar-refractivity contribution in [3.05, 3.63) is 218 Å². The normalized spacial score (nSPS) is 11.8. The highest BCUT2D eigenvalue weighted by Crippen LogP contribution is 2.48. The molecule has 0 saturated carbocycles. The quantitative estimate of drug-likeness (QED) is 0.168. The second-order valence-electron chi connectivity index (χ2n) is 16.1. The van der Waals surface area contributed by atoms with Gasteiger partial charge in [0.05, 0.1) is 27.8 Å². The molecule has 9 aromatic carbocycles. The minimum atomic E-state index is 0.648. The van der Waals surface area contributed by atoms with Crippen molar-refractivity contribution in [2.75, 3.05) is 0 Å². The molecule has 0 atom stereocenters. The van der Waals surface area contributed by atoms with Gasteiger partial charge >= 0.3 is 0 Å². The van der Waals surface area contributed by atoms with Crippen LogP contribution in [-0.2, 0) is 0 Å². The summed E-state index contributed by atoms with van der Waals surface area (Å²) in [5.41, 5.74) is 15.9. The van der Waals surface area contributed by atoms with Crippen LogP contribution in [0, 0.1) is 0 Å². The third kappa shape index (κ3) is 5.43. The first-order valence-corrected chi connectivity index (χ1v) is 21.3. The molecular formula is C58H36N4O. The molecule has 13 aromatic rings. The van der Waals surface area contributed by atoms with E-state index in [1.165, 1.54) is 21.5 Å². The Morgan fingerprint density at radius 3 is 1.44 bits per heavy atom. The van der Waals surface area contributed by atoms with Crippen molar-refractivity contribution >= 4 is 65.7 Å². The van der Waals surface area contributed by atoms with Crippen molar-refractivity contribution in [3.8, 4) is 56.3 Å². The molecule has 0 spiro atoms. The zero-order chi connectivity index (χ0) is 41.4. The maximum Gasteiger partial charge on any atom is 0.180 e. The van der Waals surface area contributed by atoms with Gasteiger partial charge in [0.2, 0.25) is 0 Å². The molecule has 5 nitrogen and oxygen atoms in total. The second kappa shape index (κ2) is 14.0. The minimum Gasteiger partial charge on any atom is -0.452 e. The number of benzene rings is 9. The summed E-state index contributed by atoms with van der Waals surface area (Å²) < 4.78 is 11.7. The fraction of sp³-hybridized carbons (Fsp3) is 0. The van der Waals surface area contributed by atoms with E-state index in [4.69, 9.17) is 14.4 Å². The number of furan rings is 1. The van der Waals surface area contributed by atoms with Crippen LogP contribution in [-0.4, -0.2) is 19.1 Å². The van der Waals surface area contributed by atoms with Gasteiger partial charge in [0.15, 0.2) is 11.4 Å². The summed E-state index contributed by atoms with van der Waals surface area (Å²) in [5, 5.41) is 5.75. The monoisotopic (exact) mass is 804 g/mol. The molecule has 294 valence electrons. The maximum atomic E-state index is 6.74. The SMILES string of the molecule is c1ccc(-c2nc(-c3cc(-c4ccccc4)c(-n4c5ccccc5c5ccc6c7ccccc7n(-c7ccccc7)c6c54)c(-c4ccccc4)c3)c3oc4ccccc4c3n2)cc1. The molecular weight excluding hydrogens is 769 g/mol. The molecule has 4 heterocycles. The Bertz CT molecular complexity index is 3820. The highest BCUT2D eigenvalue weighted by atomic mass is 16.3. The molecule has 0 aliphatic carbocycles. The van der Waals surface area contributed by atoms with E-state index >= 15 is 0 Å². The van der Waals surface area contributed by atoms with E-state index in [0.29, 0.717) is 11.4 Å². The summed E-state index contributed by atoms with van der Waals surface area (Å²) >= 11 is 0. The first-order chi connectivity index (χ1) is 31.3. The number of nitrogens with zero attached hydrogens (tertiary/aromatic N) is 4. The summed E-state index contributed by atoms with van der Waals surface area (Å²) in [7, 11) is 0. The lowest BCUT2D eigenvalue weighted by molar-refractivity contribution is 0.667. The Balaban J connectivity index is 1.23. The van der Waals surface area contributed by atoms with Crippen LogP contribution in [0.3, 0.4) is 0 Å². The molecule has 4 aromatic heterocycles. The predicted molar refractivity (Wildman–Crippen MR) is 260 cm³/mol. The van der Waals surface area contributed by atoms with Gasteiger partial charge in [-0.05, 0) is 59.7 Å². The van der Waals surface area contributed by atoms with Crippen LogP contribution in [0.1, 0.15) is 0 Å². The molecule has 0 fully saturated rings. The van der Waals surface area contributed by atoms with Crippen LogP contribution in [0.25, 0.3) is 122 Å². The minimum absolute atomic E-state index is 0.648. The van der Waals surface area contributed by atoms with E-state index < -0.39 is 0 Å². The van der Waals surface area contributed by atoms with Gasteiger partial charge in [0.1, 0.15) is 16.8 Å². The fourth-order valence-electron chi connectivity index (χ4n) is 9.77. The van der Waals surface area contributed by atoms with Crippen molar-refractivity contribution < 1.29 is 4.42 Å². The maximum absolute atomic E-state index is 6.74. The summed E-state index contributed by atoms with van der Waals surface area (Å²) in [4.78, 5) is 10.6. The highest BCUT2D eigenvalue weighted by Gasteiger charge is 2.27. The second-order valence-corrected chi connectivity index (χ2v) is 16.1. The summed E-state index contributed by atoms with van der Waals surface area (Å²) in [6, 6.07) is 77.5. The van der Waals surface area contributed by atoms with Gasteiger partial charge in [-0.1, -0.05) is 170 Å². The Labute approximate surface area is 362 Å². The van der Waals surface area contributed by atoms with Gasteiger partial charge in [0, 0.05) is 54.9 Å². The third-order valence-corrected chi connectivity index (χ3v) is 12.5. The standard InChI is InChI=1S/C58H36N4O/c1-5-19-37(20-6-1)47-35-40(52-57-53(46-29-15-18-32-51(46)63-57)60-58(59-52)39-23-9-3-10-24-39)36-48(38-21-7-2-8-22-38)54(47)62-50-31-17-14-28-43(50)45-34-33-44-42-27-13-16-30-49(42)61(55(44)56(45)62)41-25-11-4-12-26-41/h1-36H. The first-order valence-electron chi connectivity index (χ1n) is 21.3. The molecule has 0 aliphatic heterocycles. The Morgan fingerprint density at radius 2 is 0.841 bits per heavy atom. The number of hydrogen-bond acceptors (Lipinski definition) is 3. The van der Waals surface area contributed by atoms with E-state index in [9.17, 15) is 0 Å². The summed E-state index contributed by atoms with van der Waals surface area (Å²) in [6.45, 7) is 0. The zero-order valence-electron chi connectivity index (χ0n) is 34.0. The first kappa shape index (κ1) is 35.2. The van der Waals surface area contributed by atoms with E-state index in [-0.39, 0.29) is 0 Å². The molecule has 0 bridgehead atoms. The largest absolute Gasteiger partial charge is 0.452 e. The number of hydrogen-bond donors (Lipinski definition) is 0. The van der Waals surface area contributed by atoms with E-state index in [2.05, 4.69) is 191 Å². The van der Waals surface area contributed by atoms with Crippen LogP contribution in [0.4, 0.5) is 0 Å². The summed E-state index contributed by atoms with van der Waals surface area (Å²) in [5.74, 6) is 0.648. The number of aromatic nitrogens is 4. The number of fused-ring (bicyclic) bond motifs is 10. The lowest BCUT2D eigenvalue weighted by atomic mass is 9.91. The highest BCUT2D eigenvalue weighted by molar-refractivity contribution is 6.24. The van der Waals surface area contributed by atoms with Gasteiger partial charge < -0.3 is 13.6 Å². The van der Waals surface area contributed by atoms with Crippen LogP contribution < -0.4 is 0 Å². The van der Waals surface area contributed by atoms with E-state index in [1.54, 1.807) is 0 Å². The molecule has 0 radical (unpaired) electrons. The van der Waals surface area contributed by atoms with Gasteiger partial charge in [-0.25, -0.2) is 9.97 Å². The van der Waals surface area contributed by atoms with Gasteiger partial charge in [0.25, 0.3) is 0 Å². The van der Waals surface area contributed by atoms with Crippen LogP contribution >= 0.6 is 0 Å². The fourth-order valence-corrected chi connectivity index (χ4v) is 9.77. The van der Waals surface area contributed by atoms with Crippen molar-refractivity contribution in [1.82, 2.24) is 19.1 Å². The lowest BCUT2D eigenvalue weighted by Gasteiger charge is -2.22. The molecule has 0 N–H and O–H groups in total. The Kier molecular flexibility index (Phi) is 7.84. The number of para-hydroxylation sites is 4. The van der Waals surface area contributed by atoms with E-state index in [0.717, 1.165) is 89.0 Å². The van der Waals surface area contributed by atoms with Crippen LogP contribution in [0.2, 0.25) is 0 Å². The van der Waals surface area contributed by atoms with Gasteiger partial charge in [-0.3, -0.25) is 0 Å². The average molecular weight is 805 g/mol. The molecule has 0 aliphatic rings. The van der Waals surface area contributed by atoms with Crippen molar-refractivity contribution in [2.24, 2.45) is 0 Å². The molecule has 63 heavy (non-hydrogen) atoms. The predicted octanol–water partition coefficient (Wildman–Crippen LogP) is 15.2. The molecule has 0 amide bonds. The van der Waals surface area contributed by atoms with Gasteiger partial charge in [-0.2, -0.15) is 0 Å².